The molecule has 106 valence electrons. The topological polar surface area (TPSA) is 37.4 Å². The van der Waals surface area contributed by atoms with E-state index in [4.69, 9.17) is 11.6 Å². The van der Waals surface area contributed by atoms with Crippen LogP contribution in [0.4, 0.5) is 10.1 Å². The molecule has 1 amide bonds. The van der Waals surface area contributed by atoms with Crippen molar-refractivity contribution in [3.63, 3.8) is 0 Å². The molecule has 6 heteroatoms. The number of halogens is 3. The minimum atomic E-state index is -0.630. The van der Waals surface area contributed by atoms with Crippen LogP contribution in [0.3, 0.4) is 0 Å². The number of fused-ring (bicyclic) bond motifs is 1. The highest BCUT2D eigenvalue weighted by molar-refractivity contribution is 9.10. The first-order valence-corrected chi connectivity index (χ1v) is 7.25. The molecule has 0 N–H and O–H groups in total. The fraction of sp³-hybridized carbons (Fsp3) is 0.0667. The molecule has 1 aliphatic rings. The van der Waals surface area contributed by atoms with E-state index in [-0.39, 0.29) is 22.9 Å². The number of benzene rings is 2. The summed E-state index contributed by atoms with van der Waals surface area (Å²) in [5.74, 6) is -1.62. The third-order valence-electron chi connectivity index (χ3n) is 3.29. The molecule has 2 aromatic rings. The number of ketones is 1. The van der Waals surface area contributed by atoms with Crippen molar-refractivity contribution in [2.75, 3.05) is 4.90 Å². The zero-order valence-corrected chi connectivity index (χ0v) is 12.9. The molecule has 21 heavy (non-hydrogen) atoms. The van der Waals surface area contributed by atoms with Crippen LogP contribution in [0.5, 0.6) is 0 Å². The maximum atomic E-state index is 13.1. The Labute approximate surface area is 133 Å². The van der Waals surface area contributed by atoms with Gasteiger partial charge in [-0.1, -0.05) is 39.7 Å². The van der Waals surface area contributed by atoms with Gasteiger partial charge >= 0.3 is 0 Å². The van der Waals surface area contributed by atoms with E-state index >= 15 is 0 Å². The average molecular weight is 369 g/mol. The monoisotopic (exact) mass is 367 g/mol. The highest BCUT2D eigenvalue weighted by Gasteiger charge is 2.37. The number of Topliss-reactive ketones (excluding diaryl/α,β-unsaturated/α-hetero) is 1. The van der Waals surface area contributed by atoms with Crippen molar-refractivity contribution < 1.29 is 14.0 Å². The molecule has 0 bridgehead atoms. The van der Waals surface area contributed by atoms with Gasteiger partial charge in [-0.3, -0.25) is 9.59 Å². The zero-order valence-electron chi connectivity index (χ0n) is 10.6. The molecule has 2 aromatic carbocycles. The molecule has 0 saturated heterocycles. The van der Waals surface area contributed by atoms with E-state index in [1.165, 1.54) is 17.0 Å². The largest absolute Gasteiger partial charge is 0.300 e. The molecule has 0 saturated carbocycles. The first-order valence-electron chi connectivity index (χ1n) is 6.07. The van der Waals surface area contributed by atoms with E-state index in [2.05, 4.69) is 15.9 Å². The number of hydrogen-bond donors (Lipinski definition) is 0. The number of carbonyl (C=O) groups is 2. The van der Waals surface area contributed by atoms with E-state index in [0.29, 0.717) is 15.7 Å². The Morgan fingerprint density at radius 2 is 1.95 bits per heavy atom. The van der Waals surface area contributed by atoms with Gasteiger partial charge in [-0.25, -0.2) is 4.39 Å². The minimum Gasteiger partial charge on any atom is -0.300 e. The second-order valence-electron chi connectivity index (χ2n) is 4.59. The molecular formula is C15H8BrClFNO2. The van der Waals surface area contributed by atoms with Gasteiger partial charge < -0.3 is 4.90 Å². The summed E-state index contributed by atoms with van der Waals surface area (Å²) in [5, 5.41) is 0.256. The van der Waals surface area contributed by atoms with Crippen LogP contribution in [-0.4, -0.2) is 11.7 Å². The first kappa shape index (κ1) is 14.2. The zero-order chi connectivity index (χ0) is 15.1. The molecular weight excluding hydrogens is 361 g/mol. The Morgan fingerprint density at radius 1 is 1.19 bits per heavy atom. The van der Waals surface area contributed by atoms with Crippen molar-refractivity contribution in [2.24, 2.45) is 0 Å². The highest BCUT2D eigenvalue weighted by atomic mass is 79.9. The summed E-state index contributed by atoms with van der Waals surface area (Å²) >= 11 is 9.25. The molecule has 3 nitrogen and oxygen atoms in total. The summed E-state index contributed by atoms with van der Waals surface area (Å²) < 4.78 is 13.6. The van der Waals surface area contributed by atoms with Crippen molar-refractivity contribution in [3.8, 4) is 0 Å². The molecule has 3 rings (SSSR count). The predicted molar refractivity (Wildman–Crippen MR) is 81.1 cm³/mol. The molecule has 0 atom stereocenters. The van der Waals surface area contributed by atoms with E-state index in [1.54, 1.807) is 24.3 Å². The van der Waals surface area contributed by atoms with E-state index in [0.717, 1.165) is 0 Å². The van der Waals surface area contributed by atoms with Gasteiger partial charge in [-0.05, 0) is 29.8 Å². The number of hydrogen-bond acceptors (Lipinski definition) is 2. The molecule has 0 aliphatic carbocycles. The smallest absolute Gasteiger partial charge is 0.299 e. The first-order chi connectivity index (χ1) is 9.99. The van der Waals surface area contributed by atoms with Gasteiger partial charge in [0.25, 0.3) is 11.7 Å². The van der Waals surface area contributed by atoms with Crippen LogP contribution in [0.15, 0.2) is 40.9 Å². The second-order valence-corrected chi connectivity index (χ2v) is 5.85. The fourth-order valence-electron chi connectivity index (χ4n) is 2.28. The summed E-state index contributed by atoms with van der Waals surface area (Å²) in [4.78, 5) is 25.5. The van der Waals surface area contributed by atoms with Crippen LogP contribution in [0, 0.1) is 5.82 Å². The van der Waals surface area contributed by atoms with Gasteiger partial charge in [0.05, 0.1) is 22.8 Å². The van der Waals surface area contributed by atoms with Gasteiger partial charge in [-0.15, -0.1) is 0 Å². The highest BCUT2D eigenvalue weighted by Crippen LogP contribution is 2.35. The van der Waals surface area contributed by atoms with Gasteiger partial charge in [-0.2, -0.15) is 0 Å². The van der Waals surface area contributed by atoms with Crippen LogP contribution < -0.4 is 4.90 Å². The molecule has 0 spiro atoms. The van der Waals surface area contributed by atoms with Gasteiger partial charge in [0, 0.05) is 4.47 Å². The quantitative estimate of drug-likeness (QED) is 0.752. The summed E-state index contributed by atoms with van der Waals surface area (Å²) in [5.41, 5.74) is 1.40. The standard InChI is InChI=1S/C15H8BrClFNO2/c16-10-6-9(18)5-4-8(10)7-19-12-3-1-2-11(17)13(12)14(20)15(19)21/h1-6H,7H2. The van der Waals surface area contributed by atoms with Gasteiger partial charge in [0.1, 0.15) is 5.82 Å². The number of rotatable bonds is 2. The summed E-state index contributed by atoms with van der Waals surface area (Å²) in [6.07, 6.45) is 0. The van der Waals surface area contributed by atoms with Crippen molar-refractivity contribution >= 4 is 44.9 Å². The Morgan fingerprint density at radius 3 is 2.67 bits per heavy atom. The third kappa shape index (κ3) is 2.36. The molecule has 1 aliphatic heterocycles. The molecule has 1 heterocycles. The van der Waals surface area contributed by atoms with Crippen LogP contribution >= 0.6 is 27.5 Å². The maximum absolute atomic E-state index is 13.1. The van der Waals surface area contributed by atoms with Crippen molar-refractivity contribution in [2.45, 2.75) is 6.54 Å². The Bertz CT molecular complexity index is 778. The van der Waals surface area contributed by atoms with Crippen LogP contribution in [0.1, 0.15) is 15.9 Å². The summed E-state index contributed by atoms with van der Waals surface area (Å²) in [6, 6.07) is 9.11. The molecule has 0 fully saturated rings. The van der Waals surface area contributed by atoms with Crippen LogP contribution in [0.25, 0.3) is 0 Å². The van der Waals surface area contributed by atoms with Gasteiger partial charge in [0.2, 0.25) is 0 Å². The lowest BCUT2D eigenvalue weighted by atomic mass is 10.1. The molecule has 0 aromatic heterocycles. The minimum absolute atomic E-state index is 0.165. The third-order valence-corrected chi connectivity index (χ3v) is 4.35. The van der Waals surface area contributed by atoms with Crippen molar-refractivity contribution in [1.29, 1.82) is 0 Å². The second kappa shape index (κ2) is 5.24. The lowest BCUT2D eigenvalue weighted by Crippen LogP contribution is -2.29. The Hall–Kier alpha value is -1.72. The fourth-order valence-corrected chi connectivity index (χ4v) is 3.01. The molecule has 0 radical (unpaired) electrons. The Balaban J connectivity index is 2.03. The number of nitrogens with zero attached hydrogens (tertiary/aromatic N) is 1. The summed E-state index contributed by atoms with van der Waals surface area (Å²) in [7, 11) is 0. The predicted octanol–water partition coefficient (Wildman–Crippen LogP) is 3.97. The van der Waals surface area contributed by atoms with Crippen molar-refractivity contribution in [3.05, 3.63) is 62.8 Å². The summed E-state index contributed by atoms with van der Waals surface area (Å²) in [6.45, 7) is 0.165. The van der Waals surface area contributed by atoms with E-state index in [9.17, 15) is 14.0 Å². The van der Waals surface area contributed by atoms with Crippen LogP contribution in [0.2, 0.25) is 5.02 Å². The molecule has 0 unspecified atom stereocenters. The SMILES string of the molecule is O=C1C(=O)N(Cc2ccc(F)cc2Br)c2cccc(Cl)c21. The number of anilines is 1. The van der Waals surface area contributed by atoms with E-state index < -0.39 is 11.7 Å². The van der Waals surface area contributed by atoms with Gasteiger partial charge in [0.15, 0.2) is 0 Å². The number of carbonyl (C=O) groups excluding carboxylic acids is 2. The number of amides is 1. The normalized spacial score (nSPS) is 13.8. The lowest BCUT2D eigenvalue weighted by Gasteiger charge is -2.17. The van der Waals surface area contributed by atoms with Crippen LogP contribution in [-0.2, 0) is 11.3 Å². The van der Waals surface area contributed by atoms with Crippen molar-refractivity contribution in [1.82, 2.24) is 0 Å². The maximum Gasteiger partial charge on any atom is 0.299 e. The Kier molecular flexibility index (Phi) is 3.55. The van der Waals surface area contributed by atoms with E-state index in [1.807, 2.05) is 0 Å². The average Bonchev–Trinajstić information content (AvgIpc) is 2.68. The lowest BCUT2D eigenvalue weighted by molar-refractivity contribution is -0.114.